The summed E-state index contributed by atoms with van der Waals surface area (Å²) in [5.74, 6) is 0. The molecule has 5 heteroatoms. The van der Waals surface area contributed by atoms with Crippen molar-refractivity contribution in [2.45, 2.75) is 0 Å². The Kier molecular flexibility index (Phi) is 11.2. The second-order valence-corrected chi connectivity index (χ2v) is 21.8. The highest BCUT2D eigenvalue weighted by Crippen LogP contribution is 2.54. The fourth-order valence-electron chi connectivity index (χ4n) is 13.2. The number of para-hydroxylation sites is 6. The van der Waals surface area contributed by atoms with Gasteiger partial charge in [0.25, 0.3) is 0 Å². The van der Waals surface area contributed by atoms with Gasteiger partial charge in [-0.15, -0.1) is 0 Å². The van der Waals surface area contributed by atoms with E-state index in [0.29, 0.717) is 0 Å². The summed E-state index contributed by atoms with van der Waals surface area (Å²) in [6.45, 7) is 0. The summed E-state index contributed by atoms with van der Waals surface area (Å²) in [4.78, 5) is 4.85. The van der Waals surface area contributed by atoms with Crippen molar-refractivity contribution < 1.29 is 13.3 Å². The summed E-state index contributed by atoms with van der Waals surface area (Å²) in [6, 6.07) is 108. The second-order valence-electron chi connectivity index (χ2n) is 21.8. The SMILES string of the molecule is c1ccc(-c2ccccc2N(c2cc3c4cc(N(c5ccccc5-c5ccccc5)c5cccc6c5oc5c(-c7ccccc7)cccc56)c5ccccc5c4oc3c3ccccc23)c2cccc3c2oc2c(-c4ccccc4)cccc23)cc1. The van der Waals surface area contributed by atoms with Crippen molar-refractivity contribution in [1.82, 2.24) is 0 Å². The molecule has 0 bridgehead atoms. The van der Waals surface area contributed by atoms with Crippen LogP contribution in [-0.2, 0) is 0 Å². The molecule has 0 amide bonds. The van der Waals surface area contributed by atoms with E-state index in [-0.39, 0.29) is 0 Å². The molecule has 0 saturated carbocycles. The number of hydrogen-bond donors (Lipinski definition) is 0. The van der Waals surface area contributed by atoms with Crippen LogP contribution in [0.15, 0.2) is 317 Å². The van der Waals surface area contributed by atoms with Crippen LogP contribution in [-0.4, -0.2) is 0 Å². The number of furan rings is 3. The van der Waals surface area contributed by atoms with E-state index in [2.05, 4.69) is 313 Å². The van der Waals surface area contributed by atoms with Crippen LogP contribution in [0, 0.1) is 0 Å². The fraction of sp³-hybridized carbons (Fsp3) is 0. The monoisotopic (exact) mass is 1090 g/mol. The number of anilines is 6. The molecular formula is C80H50N2O3. The van der Waals surface area contributed by atoms with E-state index in [1.807, 2.05) is 0 Å². The van der Waals surface area contributed by atoms with Crippen molar-refractivity contribution in [2.24, 2.45) is 0 Å². The maximum atomic E-state index is 7.41. The first-order valence-electron chi connectivity index (χ1n) is 28.9. The van der Waals surface area contributed by atoms with Gasteiger partial charge in [0.2, 0.25) is 0 Å². The topological polar surface area (TPSA) is 45.9 Å². The van der Waals surface area contributed by atoms with Crippen LogP contribution in [0.2, 0.25) is 0 Å². The third-order valence-corrected chi connectivity index (χ3v) is 17.0. The van der Waals surface area contributed by atoms with Crippen molar-refractivity contribution in [3.05, 3.63) is 303 Å². The van der Waals surface area contributed by atoms with Gasteiger partial charge in [-0.1, -0.05) is 267 Å². The zero-order valence-electron chi connectivity index (χ0n) is 46.0. The Balaban J connectivity index is 0.972. The highest BCUT2D eigenvalue weighted by molar-refractivity contribution is 6.27. The third-order valence-electron chi connectivity index (χ3n) is 17.0. The number of benzene rings is 14. The molecule has 0 aliphatic heterocycles. The van der Waals surface area contributed by atoms with Crippen molar-refractivity contribution in [3.63, 3.8) is 0 Å². The van der Waals surface area contributed by atoms with E-state index in [1.165, 1.54) is 0 Å². The maximum Gasteiger partial charge on any atom is 0.159 e. The van der Waals surface area contributed by atoms with Gasteiger partial charge < -0.3 is 23.1 Å². The normalized spacial score (nSPS) is 11.8. The molecule has 0 fully saturated rings. The lowest BCUT2D eigenvalue weighted by Gasteiger charge is -2.29. The van der Waals surface area contributed by atoms with Gasteiger partial charge in [-0.2, -0.15) is 0 Å². The summed E-state index contributed by atoms with van der Waals surface area (Å²) in [5.41, 5.74) is 19.4. The molecule has 0 atom stereocenters. The van der Waals surface area contributed by atoms with Crippen LogP contribution in [0.4, 0.5) is 34.1 Å². The predicted octanol–water partition coefficient (Wildman–Crippen LogP) is 23.3. The Morgan fingerprint density at radius 3 is 0.824 bits per heavy atom. The highest BCUT2D eigenvalue weighted by Gasteiger charge is 2.30. The van der Waals surface area contributed by atoms with E-state index in [9.17, 15) is 0 Å². The average Bonchev–Trinajstić information content (AvgIpc) is 1.86. The Bertz CT molecular complexity index is 5090. The van der Waals surface area contributed by atoms with Gasteiger partial charge in [-0.3, -0.25) is 0 Å². The minimum atomic E-state index is 0.793. The molecule has 0 aliphatic carbocycles. The summed E-state index contributed by atoms with van der Waals surface area (Å²) in [7, 11) is 0. The lowest BCUT2D eigenvalue weighted by molar-refractivity contribution is 0.670. The van der Waals surface area contributed by atoms with Crippen LogP contribution in [0.3, 0.4) is 0 Å². The van der Waals surface area contributed by atoms with E-state index < -0.39 is 0 Å². The molecule has 3 aromatic heterocycles. The van der Waals surface area contributed by atoms with Crippen LogP contribution < -0.4 is 9.80 Å². The number of nitrogens with zero attached hydrogens (tertiary/aromatic N) is 2. The van der Waals surface area contributed by atoms with Crippen molar-refractivity contribution in [3.8, 4) is 44.5 Å². The summed E-state index contributed by atoms with van der Waals surface area (Å²) < 4.78 is 22.0. The highest BCUT2D eigenvalue weighted by atomic mass is 16.3. The molecule has 17 aromatic rings. The van der Waals surface area contributed by atoms with Gasteiger partial charge in [0.15, 0.2) is 11.2 Å². The molecule has 3 heterocycles. The summed E-state index contributed by atoms with van der Waals surface area (Å²) in [5, 5.41) is 10.2. The minimum absolute atomic E-state index is 0.793. The Labute approximate surface area is 489 Å². The lowest BCUT2D eigenvalue weighted by atomic mass is 9.97. The molecule has 0 aliphatic rings. The van der Waals surface area contributed by atoms with Gasteiger partial charge in [0.05, 0.1) is 34.1 Å². The largest absolute Gasteiger partial charge is 0.455 e. The van der Waals surface area contributed by atoms with Crippen molar-refractivity contribution in [1.29, 1.82) is 0 Å². The lowest BCUT2D eigenvalue weighted by Crippen LogP contribution is -2.12. The molecule has 14 aromatic carbocycles. The number of hydrogen-bond acceptors (Lipinski definition) is 5. The van der Waals surface area contributed by atoms with Gasteiger partial charge in [0.1, 0.15) is 22.3 Å². The third kappa shape index (κ3) is 7.71. The standard InChI is InChI=1S/C80H50N2O3/c1-5-25-51(26-6-1)55-33-17-19-45-69(55)81(71-47-23-43-65-63-41-21-39-57(75(63)84-79(65)71)53-29-9-3-10-30-53)73-49-67-68-50-74(60-36-14-16-38-62(60)78(68)83-77(67)61-37-15-13-35-59(61)73)82(70-46-20-18-34-56(70)52-27-7-2-8-28-52)72-48-24-44-66-64-42-22-40-58(76(64)85-80(66)72)54-31-11-4-12-32-54/h1-50H. The molecule has 0 saturated heterocycles. The van der Waals surface area contributed by atoms with Gasteiger partial charge >= 0.3 is 0 Å². The van der Waals surface area contributed by atoms with Crippen LogP contribution in [0.1, 0.15) is 0 Å². The van der Waals surface area contributed by atoms with E-state index in [1.54, 1.807) is 0 Å². The molecule has 0 N–H and O–H groups in total. The second kappa shape index (κ2) is 19.7. The maximum absolute atomic E-state index is 7.41. The van der Waals surface area contributed by atoms with E-state index in [4.69, 9.17) is 13.3 Å². The smallest absolute Gasteiger partial charge is 0.159 e. The average molecular weight is 1090 g/mol. The first kappa shape index (κ1) is 48.3. The Hall–Kier alpha value is -11.4. The van der Waals surface area contributed by atoms with E-state index >= 15 is 0 Å². The van der Waals surface area contributed by atoms with Crippen LogP contribution in [0.25, 0.3) is 132 Å². The predicted molar refractivity (Wildman–Crippen MR) is 354 cm³/mol. The molecule has 85 heavy (non-hydrogen) atoms. The van der Waals surface area contributed by atoms with Gasteiger partial charge in [0, 0.05) is 76.1 Å². The van der Waals surface area contributed by atoms with E-state index in [0.717, 1.165) is 166 Å². The van der Waals surface area contributed by atoms with Crippen LogP contribution >= 0.6 is 0 Å². The fourth-order valence-corrected chi connectivity index (χ4v) is 13.2. The minimum Gasteiger partial charge on any atom is -0.455 e. The quantitative estimate of drug-likeness (QED) is 0.137. The molecule has 0 spiro atoms. The van der Waals surface area contributed by atoms with Crippen molar-refractivity contribution in [2.75, 3.05) is 9.80 Å². The summed E-state index contributed by atoms with van der Waals surface area (Å²) >= 11 is 0. The Morgan fingerprint density at radius 1 is 0.165 bits per heavy atom. The number of rotatable bonds is 10. The van der Waals surface area contributed by atoms with Crippen LogP contribution in [0.5, 0.6) is 0 Å². The molecule has 5 nitrogen and oxygen atoms in total. The summed E-state index contributed by atoms with van der Waals surface area (Å²) in [6.07, 6.45) is 0. The molecule has 0 radical (unpaired) electrons. The molecule has 398 valence electrons. The number of fused-ring (bicyclic) bond motifs is 13. The zero-order valence-corrected chi connectivity index (χ0v) is 46.0. The van der Waals surface area contributed by atoms with Gasteiger partial charge in [-0.05, 0) is 58.7 Å². The molecular weight excluding hydrogens is 1040 g/mol. The first-order chi connectivity index (χ1) is 42.2. The first-order valence-corrected chi connectivity index (χ1v) is 28.9. The molecule has 0 unspecified atom stereocenters. The van der Waals surface area contributed by atoms with Gasteiger partial charge in [-0.25, -0.2) is 0 Å². The molecule has 17 rings (SSSR count). The van der Waals surface area contributed by atoms with Crippen molar-refractivity contribution >= 4 is 121 Å². The Morgan fingerprint density at radius 2 is 0.424 bits per heavy atom. The zero-order chi connectivity index (χ0) is 56.0.